The second-order valence-electron chi connectivity index (χ2n) is 3.58. The molecule has 0 heterocycles. The average Bonchev–Trinajstić information content (AvgIpc) is 2.16. The van der Waals surface area contributed by atoms with Crippen molar-refractivity contribution in [3.63, 3.8) is 0 Å². The quantitative estimate of drug-likeness (QED) is 0.617. The van der Waals surface area contributed by atoms with Crippen molar-refractivity contribution in [3.05, 3.63) is 29.3 Å². The lowest BCUT2D eigenvalue weighted by atomic mass is 10.1. The molecule has 1 N–H and O–H groups in total. The Morgan fingerprint density at radius 3 is 2.56 bits per heavy atom. The van der Waals surface area contributed by atoms with Crippen molar-refractivity contribution in [3.8, 4) is 11.9 Å². The molecule has 16 heavy (non-hydrogen) atoms. The maximum atomic E-state index is 11.0. The molecule has 0 fully saturated rings. The topological polar surface area (TPSA) is 62.1 Å². The first kappa shape index (κ1) is 12.1. The Labute approximate surface area is 94.8 Å². The van der Waals surface area contributed by atoms with Crippen LogP contribution in [0.5, 0.6) is 5.75 Å². The number of amides is 1. The summed E-state index contributed by atoms with van der Waals surface area (Å²) in [6.07, 6.45) is 1.76. The molecule has 0 aliphatic carbocycles. The molecule has 0 aromatic heterocycles. The zero-order valence-electron chi connectivity index (χ0n) is 9.41. The van der Waals surface area contributed by atoms with Crippen LogP contribution in [0.15, 0.2) is 18.2 Å². The number of nitrogens with zero attached hydrogens (tertiary/aromatic N) is 1. The van der Waals surface area contributed by atoms with Gasteiger partial charge in [0.05, 0.1) is 13.0 Å². The summed E-state index contributed by atoms with van der Waals surface area (Å²) in [7, 11) is 0. The van der Waals surface area contributed by atoms with Gasteiger partial charge in [-0.3, -0.25) is 10.1 Å². The summed E-state index contributed by atoms with van der Waals surface area (Å²) < 4.78 is 5.41. The number of rotatable bonds is 4. The lowest BCUT2D eigenvalue weighted by Gasteiger charge is -2.07. The van der Waals surface area contributed by atoms with E-state index in [2.05, 4.69) is 6.07 Å². The Hall–Kier alpha value is -2.02. The lowest BCUT2D eigenvalue weighted by Crippen LogP contribution is -2.19. The third-order valence-electron chi connectivity index (χ3n) is 1.99. The van der Waals surface area contributed by atoms with Crippen LogP contribution in [0.1, 0.15) is 17.5 Å². The standard InChI is InChI=1S/C12H14N2O2/c1-9-5-10(2)7-11(6-9)16-4-3-12(15)14-8-13/h5-7H,3-4H2,1-2H3,(H,14,15). The molecule has 0 bridgehead atoms. The molecule has 4 nitrogen and oxygen atoms in total. The summed E-state index contributed by atoms with van der Waals surface area (Å²) >= 11 is 0. The molecular formula is C12H14N2O2. The van der Waals surface area contributed by atoms with E-state index < -0.39 is 0 Å². The van der Waals surface area contributed by atoms with Gasteiger partial charge >= 0.3 is 0 Å². The minimum absolute atomic E-state index is 0.181. The fourth-order valence-electron chi connectivity index (χ4n) is 1.40. The molecular weight excluding hydrogens is 204 g/mol. The summed E-state index contributed by atoms with van der Waals surface area (Å²) in [6, 6.07) is 5.87. The number of nitrogens with one attached hydrogen (secondary N) is 1. The summed E-state index contributed by atoms with van der Waals surface area (Å²) in [6.45, 7) is 4.25. The van der Waals surface area contributed by atoms with E-state index in [-0.39, 0.29) is 18.9 Å². The predicted octanol–water partition coefficient (Wildman–Crippen LogP) is 1.67. The van der Waals surface area contributed by atoms with E-state index in [1.165, 1.54) is 0 Å². The van der Waals surface area contributed by atoms with Crippen LogP contribution in [0.3, 0.4) is 0 Å². The Kier molecular flexibility index (Phi) is 4.34. The zero-order valence-corrected chi connectivity index (χ0v) is 9.41. The lowest BCUT2D eigenvalue weighted by molar-refractivity contribution is -0.120. The number of carbonyl (C=O) groups excluding carboxylic acids is 1. The third kappa shape index (κ3) is 4.01. The van der Waals surface area contributed by atoms with Crippen LogP contribution in [0, 0.1) is 25.3 Å². The van der Waals surface area contributed by atoms with E-state index in [0.717, 1.165) is 16.9 Å². The van der Waals surface area contributed by atoms with Crippen molar-refractivity contribution in [1.29, 1.82) is 5.26 Å². The SMILES string of the molecule is Cc1cc(C)cc(OCCC(=O)NC#N)c1. The molecule has 0 atom stereocenters. The highest BCUT2D eigenvalue weighted by Gasteiger charge is 2.01. The van der Waals surface area contributed by atoms with Crippen LogP contribution in [-0.4, -0.2) is 12.5 Å². The maximum absolute atomic E-state index is 11.0. The van der Waals surface area contributed by atoms with E-state index in [1.54, 1.807) is 6.19 Å². The first-order valence-electron chi connectivity index (χ1n) is 5.01. The second kappa shape index (κ2) is 5.76. The molecule has 4 heteroatoms. The minimum atomic E-state index is -0.327. The number of ether oxygens (including phenoxy) is 1. The van der Waals surface area contributed by atoms with Crippen LogP contribution in [0.25, 0.3) is 0 Å². The number of hydrogen-bond acceptors (Lipinski definition) is 3. The van der Waals surface area contributed by atoms with Crippen LogP contribution in [-0.2, 0) is 4.79 Å². The summed E-state index contributed by atoms with van der Waals surface area (Å²) in [4.78, 5) is 11.0. The third-order valence-corrected chi connectivity index (χ3v) is 1.99. The molecule has 0 unspecified atom stereocenters. The number of aryl methyl sites for hydroxylation is 2. The number of hydrogen-bond donors (Lipinski definition) is 1. The minimum Gasteiger partial charge on any atom is -0.493 e. The first-order valence-corrected chi connectivity index (χ1v) is 5.01. The van der Waals surface area contributed by atoms with E-state index in [9.17, 15) is 4.79 Å². The van der Waals surface area contributed by atoms with Crippen LogP contribution in [0.2, 0.25) is 0 Å². The van der Waals surface area contributed by atoms with Gasteiger partial charge in [-0.05, 0) is 37.1 Å². The smallest absolute Gasteiger partial charge is 0.236 e. The van der Waals surface area contributed by atoms with E-state index in [1.807, 2.05) is 31.3 Å². The molecule has 84 valence electrons. The van der Waals surface area contributed by atoms with Crippen molar-refractivity contribution < 1.29 is 9.53 Å². The molecule has 0 aliphatic rings. The second-order valence-corrected chi connectivity index (χ2v) is 3.58. The van der Waals surface area contributed by atoms with Crippen LogP contribution < -0.4 is 10.1 Å². The summed E-state index contributed by atoms with van der Waals surface area (Å²) in [5, 5.41) is 10.2. The Bertz CT molecular complexity index is 401. The van der Waals surface area contributed by atoms with Crippen molar-refractivity contribution in [2.24, 2.45) is 0 Å². The zero-order chi connectivity index (χ0) is 12.0. The van der Waals surface area contributed by atoms with Gasteiger partial charge in [0.25, 0.3) is 0 Å². The molecule has 0 spiro atoms. The Balaban J connectivity index is 2.43. The fraction of sp³-hybridized carbons (Fsp3) is 0.333. The highest BCUT2D eigenvalue weighted by Crippen LogP contribution is 2.16. The largest absolute Gasteiger partial charge is 0.493 e. The van der Waals surface area contributed by atoms with Gasteiger partial charge in [0.1, 0.15) is 5.75 Å². The molecule has 1 rings (SSSR count). The first-order chi connectivity index (χ1) is 7.61. The molecule has 1 amide bonds. The van der Waals surface area contributed by atoms with Crippen molar-refractivity contribution in [1.82, 2.24) is 5.32 Å². The summed E-state index contributed by atoms with van der Waals surface area (Å²) in [5.41, 5.74) is 2.24. The van der Waals surface area contributed by atoms with Gasteiger partial charge < -0.3 is 4.74 Å². The van der Waals surface area contributed by atoms with Gasteiger partial charge in [0, 0.05) is 0 Å². The van der Waals surface area contributed by atoms with Gasteiger partial charge in [-0.1, -0.05) is 6.07 Å². The number of benzene rings is 1. The fourth-order valence-corrected chi connectivity index (χ4v) is 1.40. The van der Waals surface area contributed by atoms with Gasteiger partial charge in [0.15, 0.2) is 6.19 Å². The van der Waals surface area contributed by atoms with E-state index in [4.69, 9.17) is 10.00 Å². The highest BCUT2D eigenvalue weighted by molar-refractivity contribution is 5.77. The Morgan fingerprint density at radius 2 is 2.00 bits per heavy atom. The number of nitriles is 1. The van der Waals surface area contributed by atoms with Gasteiger partial charge in [0.2, 0.25) is 5.91 Å². The summed E-state index contributed by atoms with van der Waals surface area (Å²) in [5.74, 6) is 0.425. The molecule has 0 saturated heterocycles. The van der Waals surface area contributed by atoms with Gasteiger partial charge in [-0.25, -0.2) is 0 Å². The maximum Gasteiger partial charge on any atom is 0.236 e. The van der Waals surface area contributed by atoms with Gasteiger partial charge in [-0.15, -0.1) is 0 Å². The van der Waals surface area contributed by atoms with E-state index >= 15 is 0 Å². The Morgan fingerprint density at radius 1 is 1.38 bits per heavy atom. The van der Waals surface area contributed by atoms with E-state index in [0.29, 0.717) is 0 Å². The van der Waals surface area contributed by atoms with Gasteiger partial charge in [-0.2, -0.15) is 5.26 Å². The monoisotopic (exact) mass is 218 g/mol. The van der Waals surface area contributed by atoms with Crippen molar-refractivity contribution >= 4 is 5.91 Å². The molecule has 0 aliphatic heterocycles. The van der Waals surface area contributed by atoms with Crippen molar-refractivity contribution in [2.45, 2.75) is 20.3 Å². The van der Waals surface area contributed by atoms with Crippen LogP contribution in [0.4, 0.5) is 0 Å². The van der Waals surface area contributed by atoms with Crippen LogP contribution >= 0.6 is 0 Å². The molecule has 0 radical (unpaired) electrons. The predicted molar refractivity (Wildman–Crippen MR) is 59.8 cm³/mol. The van der Waals surface area contributed by atoms with Crippen molar-refractivity contribution in [2.75, 3.05) is 6.61 Å². The molecule has 0 saturated carbocycles. The molecule has 1 aromatic rings. The highest BCUT2D eigenvalue weighted by atomic mass is 16.5. The number of carbonyl (C=O) groups is 1. The normalized spacial score (nSPS) is 9.31. The average molecular weight is 218 g/mol. The molecule has 1 aromatic carbocycles.